The predicted octanol–water partition coefficient (Wildman–Crippen LogP) is 3.97. The molecule has 2 N–H and O–H groups in total. The fourth-order valence-electron chi connectivity index (χ4n) is 3.07. The number of aryl methyl sites for hydroxylation is 1. The number of rotatable bonds is 9. The molecule has 0 atom stereocenters. The number of thiazole rings is 1. The van der Waals surface area contributed by atoms with Crippen molar-refractivity contribution in [3.05, 3.63) is 75.7 Å². The van der Waals surface area contributed by atoms with Gasteiger partial charge in [0.25, 0.3) is 0 Å². The van der Waals surface area contributed by atoms with Crippen LogP contribution in [0.1, 0.15) is 42.6 Å². The molecule has 3 rings (SSSR count). The van der Waals surface area contributed by atoms with Gasteiger partial charge in [0.05, 0.1) is 17.0 Å². The Bertz CT molecular complexity index is 1200. The van der Waals surface area contributed by atoms with Gasteiger partial charge in [-0.1, -0.05) is 35.9 Å². The van der Waals surface area contributed by atoms with Crippen molar-refractivity contribution in [3.8, 4) is 5.75 Å². The first kappa shape index (κ1) is 24.9. The van der Waals surface area contributed by atoms with Crippen LogP contribution >= 0.6 is 11.3 Å². The lowest BCUT2D eigenvalue weighted by Gasteiger charge is -2.21. The second kappa shape index (κ2) is 10.5. The molecular weight excluding hydrogens is 458 g/mol. The molecule has 7 nitrogen and oxygen atoms in total. The molecule has 9 heteroatoms. The van der Waals surface area contributed by atoms with Gasteiger partial charge >= 0.3 is 0 Å². The minimum Gasteiger partial charge on any atom is -0.486 e. The monoisotopic (exact) mass is 487 g/mol. The van der Waals surface area contributed by atoms with Crippen LogP contribution in [-0.2, 0) is 34.4 Å². The van der Waals surface area contributed by atoms with E-state index in [0.29, 0.717) is 17.9 Å². The number of carbonyl (C=O) groups is 1. The summed E-state index contributed by atoms with van der Waals surface area (Å²) in [6.07, 6.45) is 0.107. The lowest BCUT2D eigenvalue weighted by atomic mass is 10.1. The summed E-state index contributed by atoms with van der Waals surface area (Å²) in [7, 11) is -3.71. The van der Waals surface area contributed by atoms with Crippen molar-refractivity contribution in [2.24, 2.45) is 0 Å². The highest BCUT2D eigenvalue weighted by Crippen LogP contribution is 2.19. The molecule has 0 saturated heterocycles. The lowest BCUT2D eigenvalue weighted by Crippen LogP contribution is -2.41. The van der Waals surface area contributed by atoms with E-state index in [9.17, 15) is 13.2 Å². The SMILES string of the molecule is Cc1ccc(OCc2nc(CC(=O)NCc3ccccc3S(=O)(=O)NC(C)(C)C)cs2)cc1. The molecule has 0 aliphatic rings. The first-order valence-electron chi connectivity index (χ1n) is 10.5. The molecule has 2 aromatic carbocycles. The molecule has 0 aliphatic carbocycles. The van der Waals surface area contributed by atoms with E-state index in [4.69, 9.17) is 4.74 Å². The third kappa shape index (κ3) is 7.66. The molecule has 0 saturated carbocycles. The van der Waals surface area contributed by atoms with Gasteiger partial charge in [-0.05, 0) is 51.5 Å². The van der Waals surface area contributed by atoms with Crippen molar-refractivity contribution < 1.29 is 17.9 Å². The number of aromatic nitrogens is 1. The van der Waals surface area contributed by atoms with Crippen molar-refractivity contribution in [2.45, 2.75) is 57.7 Å². The Kier molecular flexibility index (Phi) is 7.88. The van der Waals surface area contributed by atoms with Crippen LogP contribution in [0.15, 0.2) is 58.8 Å². The number of nitrogens with one attached hydrogen (secondary N) is 2. The van der Waals surface area contributed by atoms with Crippen LogP contribution in [0.3, 0.4) is 0 Å². The summed E-state index contributed by atoms with van der Waals surface area (Å²) in [5, 5.41) is 5.41. The van der Waals surface area contributed by atoms with E-state index in [1.54, 1.807) is 39.0 Å². The Hall–Kier alpha value is -2.75. The van der Waals surface area contributed by atoms with Gasteiger partial charge in [-0.2, -0.15) is 0 Å². The molecule has 0 fully saturated rings. The number of carbonyl (C=O) groups excluding carboxylic acids is 1. The molecule has 0 bridgehead atoms. The summed E-state index contributed by atoms with van der Waals surface area (Å²) in [6.45, 7) is 7.80. The lowest BCUT2D eigenvalue weighted by molar-refractivity contribution is -0.120. The molecule has 0 aliphatic heterocycles. The molecule has 3 aromatic rings. The quantitative estimate of drug-likeness (QED) is 0.476. The first-order chi connectivity index (χ1) is 15.5. The van der Waals surface area contributed by atoms with Crippen LogP contribution in [0.2, 0.25) is 0 Å². The topological polar surface area (TPSA) is 97.4 Å². The zero-order valence-electron chi connectivity index (χ0n) is 19.2. The molecule has 0 radical (unpaired) electrons. The number of benzene rings is 2. The van der Waals surface area contributed by atoms with Crippen molar-refractivity contribution in [1.29, 1.82) is 0 Å². The third-order valence-electron chi connectivity index (χ3n) is 4.50. The molecule has 1 aromatic heterocycles. The molecule has 0 unspecified atom stereocenters. The molecular formula is C24H29N3O4S2. The normalized spacial score (nSPS) is 11.9. The second-order valence-electron chi connectivity index (χ2n) is 8.75. The summed E-state index contributed by atoms with van der Waals surface area (Å²) in [5.41, 5.74) is 1.72. The summed E-state index contributed by atoms with van der Waals surface area (Å²) >= 11 is 1.44. The second-order valence-corrected chi connectivity index (χ2v) is 11.3. The molecule has 176 valence electrons. The molecule has 1 amide bonds. The average Bonchev–Trinajstić information content (AvgIpc) is 3.17. The van der Waals surface area contributed by atoms with Gasteiger partial charge in [0, 0.05) is 17.5 Å². The van der Waals surface area contributed by atoms with Crippen molar-refractivity contribution in [1.82, 2.24) is 15.0 Å². The molecule has 1 heterocycles. The summed E-state index contributed by atoms with van der Waals surface area (Å²) in [4.78, 5) is 17.1. The van der Waals surface area contributed by atoms with E-state index in [1.807, 2.05) is 36.6 Å². The number of nitrogens with zero attached hydrogens (tertiary/aromatic N) is 1. The number of amides is 1. The summed E-state index contributed by atoms with van der Waals surface area (Å²) in [6, 6.07) is 14.4. The van der Waals surface area contributed by atoms with Crippen LogP contribution in [0.4, 0.5) is 0 Å². The maximum atomic E-state index is 12.7. The number of hydrogen-bond acceptors (Lipinski definition) is 6. The van der Waals surface area contributed by atoms with E-state index in [2.05, 4.69) is 15.0 Å². The van der Waals surface area contributed by atoms with Crippen molar-refractivity contribution in [2.75, 3.05) is 0 Å². The van der Waals surface area contributed by atoms with Crippen LogP contribution in [0, 0.1) is 6.92 Å². The third-order valence-corrected chi connectivity index (χ3v) is 7.23. The van der Waals surface area contributed by atoms with Gasteiger partial charge in [-0.25, -0.2) is 18.1 Å². The largest absolute Gasteiger partial charge is 0.486 e. The zero-order valence-corrected chi connectivity index (χ0v) is 20.8. The number of sulfonamides is 1. The smallest absolute Gasteiger partial charge is 0.241 e. The maximum absolute atomic E-state index is 12.7. The first-order valence-corrected chi connectivity index (χ1v) is 12.9. The van der Waals surface area contributed by atoms with E-state index in [-0.39, 0.29) is 23.8 Å². The van der Waals surface area contributed by atoms with Gasteiger partial charge in [0.2, 0.25) is 15.9 Å². The summed E-state index contributed by atoms with van der Waals surface area (Å²) in [5.74, 6) is 0.534. The summed E-state index contributed by atoms with van der Waals surface area (Å²) < 4.78 is 33.9. The zero-order chi connectivity index (χ0) is 24.1. The molecule has 33 heavy (non-hydrogen) atoms. The Labute approximate surface area is 199 Å². The minimum atomic E-state index is -3.71. The highest BCUT2D eigenvalue weighted by Gasteiger charge is 2.24. The van der Waals surface area contributed by atoms with Crippen LogP contribution < -0.4 is 14.8 Å². The van der Waals surface area contributed by atoms with Crippen molar-refractivity contribution >= 4 is 27.3 Å². The van der Waals surface area contributed by atoms with E-state index < -0.39 is 15.6 Å². The average molecular weight is 488 g/mol. The highest BCUT2D eigenvalue weighted by molar-refractivity contribution is 7.89. The van der Waals surface area contributed by atoms with Gasteiger partial charge in [-0.15, -0.1) is 11.3 Å². The molecule has 0 spiro atoms. The Morgan fingerprint density at radius 2 is 1.79 bits per heavy atom. The van der Waals surface area contributed by atoms with E-state index in [0.717, 1.165) is 16.3 Å². The Balaban J connectivity index is 1.56. The number of hydrogen-bond donors (Lipinski definition) is 2. The maximum Gasteiger partial charge on any atom is 0.241 e. The standard InChI is InChI=1S/C24H29N3O4S2/c1-17-9-11-20(12-10-17)31-15-23-26-19(16-32-23)13-22(28)25-14-18-7-5-6-8-21(18)33(29,30)27-24(2,3)4/h5-12,16,27H,13-15H2,1-4H3,(H,25,28). The predicted molar refractivity (Wildman–Crippen MR) is 130 cm³/mol. The van der Waals surface area contributed by atoms with Crippen LogP contribution in [0.5, 0.6) is 5.75 Å². The van der Waals surface area contributed by atoms with Crippen LogP contribution in [-0.4, -0.2) is 24.8 Å². The Morgan fingerprint density at radius 1 is 1.09 bits per heavy atom. The Morgan fingerprint density at radius 3 is 2.48 bits per heavy atom. The fourth-order valence-corrected chi connectivity index (χ4v) is 5.43. The number of ether oxygens (including phenoxy) is 1. The minimum absolute atomic E-state index is 0.105. The van der Waals surface area contributed by atoms with Gasteiger partial charge in [-0.3, -0.25) is 4.79 Å². The van der Waals surface area contributed by atoms with Gasteiger partial charge < -0.3 is 10.1 Å². The fraction of sp³-hybridized carbons (Fsp3) is 0.333. The van der Waals surface area contributed by atoms with Gasteiger partial charge in [0.15, 0.2) is 0 Å². The van der Waals surface area contributed by atoms with Crippen LogP contribution in [0.25, 0.3) is 0 Å². The van der Waals surface area contributed by atoms with E-state index in [1.165, 1.54) is 17.4 Å². The van der Waals surface area contributed by atoms with Gasteiger partial charge in [0.1, 0.15) is 17.4 Å². The van der Waals surface area contributed by atoms with Crippen molar-refractivity contribution in [3.63, 3.8) is 0 Å². The highest BCUT2D eigenvalue weighted by atomic mass is 32.2. The van der Waals surface area contributed by atoms with E-state index >= 15 is 0 Å².